The van der Waals surface area contributed by atoms with E-state index < -0.39 is 41.6 Å². The minimum absolute atomic E-state index is 0.00571. The van der Waals surface area contributed by atoms with Gasteiger partial charge in [0.25, 0.3) is 23.0 Å². The predicted molar refractivity (Wildman–Crippen MR) is 129 cm³/mol. The largest absolute Gasteiger partial charge is 0.454 e. The van der Waals surface area contributed by atoms with Crippen LogP contribution >= 0.6 is 11.8 Å². The number of hydrogen-bond acceptors (Lipinski definition) is 8. The lowest BCUT2D eigenvalue weighted by molar-refractivity contribution is -0.150. The topological polar surface area (TPSA) is 135 Å². The average molecular weight is 497 g/mol. The highest BCUT2D eigenvalue weighted by atomic mass is 32.2. The number of thioether (sulfide) groups is 1. The van der Waals surface area contributed by atoms with Gasteiger partial charge in [-0.1, -0.05) is 23.8 Å². The van der Waals surface area contributed by atoms with E-state index in [2.05, 4.69) is 15.6 Å². The summed E-state index contributed by atoms with van der Waals surface area (Å²) < 4.78 is 4.94. The van der Waals surface area contributed by atoms with E-state index >= 15 is 0 Å². The zero-order valence-electron chi connectivity index (χ0n) is 19.1. The van der Waals surface area contributed by atoms with Gasteiger partial charge in [0.1, 0.15) is 6.04 Å². The van der Waals surface area contributed by atoms with E-state index in [0.717, 1.165) is 22.2 Å². The molecule has 2 aromatic rings. The number of amides is 4. The number of hydrogen-bond donors (Lipinski definition) is 2. The summed E-state index contributed by atoms with van der Waals surface area (Å²) in [7, 11) is 0. The summed E-state index contributed by atoms with van der Waals surface area (Å²) in [5.41, 5.74) is 2.00. The molecule has 0 unspecified atom stereocenters. The van der Waals surface area contributed by atoms with Crippen LogP contribution in [0.15, 0.2) is 53.7 Å². The fourth-order valence-electron chi connectivity index (χ4n) is 3.05. The lowest BCUT2D eigenvalue weighted by atomic mass is 10.1. The zero-order valence-corrected chi connectivity index (χ0v) is 20.0. The van der Waals surface area contributed by atoms with Gasteiger partial charge < -0.3 is 15.4 Å². The van der Waals surface area contributed by atoms with Gasteiger partial charge in [0.15, 0.2) is 6.61 Å². The van der Waals surface area contributed by atoms with Crippen molar-refractivity contribution in [3.8, 4) is 0 Å². The number of rotatable bonds is 9. The number of esters is 1. The number of carbonyl (C=O) groups is 5. The van der Waals surface area contributed by atoms with Gasteiger partial charge in [-0.15, -0.1) is 0 Å². The lowest BCUT2D eigenvalue weighted by Crippen LogP contribution is -2.42. The van der Waals surface area contributed by atoms with Crippen molar-refractivity contribution in [1.82, 2.24) is 20.5 Å². The first kappa shape index (κ1) is 25.6. The molecule has 10 nitrogen and oxygen atoms in total. The van der Waals surface area contributed by atoms with E-state index in [9.17, 15) is 24.0 Å². The molecular weight excluding hydrogens is 472 g/mol. The van der Waals surface area contributed by atoms with Crippen molar-refractivity contribution in [2.45, 2.75) is 19.9 Å². The molecule has 1 aromatic carbocycles. The third-order valence-corrected chi connectivity index (χ3v) is 5.75. The molecule has 1 saturated heterocycles. The second-order valence-electron chi connectivity index (χ2n) is 7.64. The molecule has 1 aliphatic rings. The summed E-state index contributed by atoms with van der Waals surface area (Å²) in [6, 6.07) is 9.41. The number of pyridine rings is 1. The van der Waals surface area contributed by atoms with Crippen molar-refractivity contribution in [1.29, 1.82) is 0 Å². The molecule has 0 spiro atoms. The molecule has 182 valence electrons. The summed E-state index contributed by atoms with van der Waals surface area (Å²) in [6.45, 7) is 2.70. The standard InChI is InChI=1S/C24H24N4O6S/c1-15-5-3-7-18(11-15)21(30)27-16(2)23(32)34-14-20(29)26-9-10-28-22(31)19(35-24(28)33)12-17-6-4-8-25-13-17/h3-8,11-13,16H,9-10,14H2,1-2H3,(H,26,29)(H,27,30)/b19-12-/t16-/m0/s1. The van der Waals surface area contributed by atoms with E-state index in [1.165, 1.54) is 6.92 Å². The highest BCUT2D eigenvalue weighted by Crippen LogP contribution is 2.31. The van der Waals surface area contributed by atoms with Crippen LogP contribution in [0.4, 0.5) is 4.79 Å². The van der Waals surface area contributed by atoms with Crippen molar-refractivity contribution >= 4 is 46.8 Å². The van der Waals surface area contributed by atoms with E-state index in [1.807, 2.05) is 13.0 Å². The molecule has 2 heterocycles. The van der Waals surface area contributed by atoms with Crippen molar-refractivity contribution in [3.63, 3.8) is 0 Å². The smallest absolute Gasteiger partial charge is 0.328 e. The summed E-state index contributed by atoms with van der Waals surface area (Å²) in [5, 5.41) is 4.57. The van der Waals surface area contributed by atoms with Crippen LogP contribution in [0.3, 0.4) is 0 Å². The highest BCUT2D eigenvalue weighted by Gasteiger charge is 2.34. The van der Waals surface area contributed by atoms with Crippen LogP contribution < -0.4 is 10.6 Å². The first-order valence-corrected chi connectivity index (χ1v) is 11.5. The molecule has 1 fully saturated rings. The Balaban J connectivity index is 1.39. The Hall–Kier alpha value is -3.99. The fourth-order valence-corrected chi connectivity index (χ4v) is 3.92. The molecule has 35 heavy (non-hydrogen) atoms. The van der Waals surface area contributed by atoms with Crippen LogP contribution in [0.25, 0.3) is 6.08 Å². The molecule has 4 amide bonds. The Morgan fingerprint density at radius 2 is 2.00 bits per heavy atom. The maximum absolute atomic E-state index is 12.5. The van der Waals surface area contributed by atoms with Crippen molar-refractivity contribution in [3.05, 3.63) is 70.4 Å². The summed E-state index contributed by atoms with van der Waals surface area (Å²) in [6.07, 6.45) is 4.75. The average Bonchev–Trinajstić information content (AvgIpc) is 3.10. The second kappa shape index (κ2) is 11.9. The Kier molecular flexibility index (Phi) is 8.74. The van der Waals surface area contributed by atoms with Crippen LogP contribution in [-0.2, 0) is 19.1 Å². The predicted octanol–water partition coefficient (Wildman–Crippen LogP) is 1.90. The van der Waals surface area contributed by atoms with Gasteiger partial charge in [0.05, 0.1) is 4.91 Å². The normalized spacial score (nSPS) is 15.1. The number of nitrogens with one attached hydrogen (secondary N) is 2. The molecule has 0 radical (unpaired) electrons. The minimum Gasteiger partial charge on any atom is -0.454 e. The molecular formula is C24H24N4O6S. The highest BCUT2D eigenvalue weighted by molar-refractivity contribution is 8.18. The number of aryl methyl sites for hydroxylation is 1. The van der Waals surface area contributed by atoms with Gasteiger partial charge in [-0.2, -0.15) is 0 Å². The third kappa shape index (κ3) is 7.24. The minimum atomic E-state index is -0.960. The summed E-state index contributed by atoms with van der Waals surface area (Å²) >= 11 is 0.811. The number of aromatic nitrogens is 1. The number of imide groups is 1. The first-order valence-electron chi connectivity index (χ1n) is 10.7. The molecule has 2 N–H and O–H groups in total. The molecule has 0 aliphatic carbocycles. The Morgan fingerprint density at radius 3 is 2.71 bits per heavy atom. The van der Waals surface area contributed by atoms with Crippen molar-refractivity contribution in [2.24, 2.45) is 0 Å². The van der Waals surface area contributed by atoms with Crippen LogP contribution in [0.2, 0.25) is 0 Å². The van der Waals surface area contributed by atoms with E-state index in [0.29, 0.717) is 11.1 Å². The molecule has 0 bridgehead atoms. The third-order valence-electron chi connectivity index (χ3n) is 4.84. The Bertz CT molecular complexity index is 1170. The summed E-state index contributed by atoms with van der Waals surface area (Å²) in [5.74, 6) is -2.26. The number of ether oxygens (including phenoxy) is 1. The van der Waals surface area contributed by atoms with E-state index in [1.54, 1.807) is 48.8 Å². The number of benzene rings is 1. The van der Waals surface area contributed by atoms with Crippen molar-refractivity contribution in [2.75, 3.05) is 19.7 Å². The quantitative estimate of drug-likeness (QED) is 0.397. The van der Waals surface area contributed by atoms with Gasteiger partial charge in [-0.05, 0) is 55.4 Å². The van der Waals surface area contributed by atoms with Gasteiger partial charge in [0.2, 0.25) is 0 Å². The molecule has 1 aliphatic heterocycles. The van der Waals surface area contributed by atoms with Crippen LogP contribution in [0.1, 0.15) is 28.4 Å². The molecule has 3 rings (SSSR count). The molecule has 11 heteroatoms. The molecule has 1 aromatic heterocycles. The Labute approximate surface area is 206 Å². The number of nitrogens with zero attached hydrogens (tertiary/aromatic N) is 2. The maximum atomic E-state index is 12.5. The first-order chi connectivity index (χ1) is 16.7. The monoisotopic (exact) mass is 496 g/mol. The SMILES string of the molecule is Cc1cccc(C(=O)N[C@@H](C)C(=O)OCC(=O)NCCN2C(=O)S/C(=C\c3cccnc3)C2=O)c1. The van der Waals surface area contributed by atoms with Gasteiger partial charge in [-0.25, -0.2) is 4.79 Å². The van der Waals surface area contributed by atoms with Gasteiger partial charge in [0, 0.05) is 31.0 Å². The van der Waals surface area contributed by atoms with Gasteiger partial charge in [-0.3, -0.25) is 29.1 Å². The van der Waals surface area contributed by atoms with Crippen LogP contribution in [0.5, 0.6) is 0 Å². The Morgan fingerprint density at radius 1 is 1.20 bits per heavy atom. The van der Waals surface area contributed by atoms with E-state index in [4.69, 9.17) is 4.74 Å². The molecule has 0 saturated carbocycles. The second-order valence-corrected chi connectivity index (χ2v) is 8.64. The molecule has 1 atom stereocenters. The van der Waals surface area contributed by atoms with Crippen molar-refractivity contribution < 1.29 is 28.7 Å². The number of carbonyl (C=O) groups excluding carboxylic acids is 5. The fraction of sp³-hybridized carbons (Fsp3) is 0.250. The van der Waals surface area contributed by atoms with Crippen LogP contribution in [-0.4, -0.2) is 64.6 Å². The van der Waals surface area contributed by atoms with Crippen LogP contribution in [0, 0.1) is 6.92 Å². The van der Waals surface area contributed by atoms with Gasteiger partial charge >= 0.3 is 5.97 Å². The lowest BCUT2D eigenvalue weighted by Gasteiger charge is -2.15. The van der Waals surface area contributed by atoms with E-state index in [-0.39, 0.29) is 18.0 Å². The zero-order chi connectivity index (χ0) is 25.4. The summed E-state index contributed by atoms with van der Waals surface area (Å²) in [4.78, 5) is 66.2. The maximum Gasteiger partial charge on any atom is 0.328 e.